The van der Waals surface area contributed by atoms with E-state index in [2.05, 4.69) is 15.6 Å². The van der Waals surface area contributed by atoms with Crippen molar-refractivity contribution in [2.75, 3.05) is 7.11 Å². The first-order valence-corrected chi connectivity index (χ1v) is 7.95. The zero-order chi connectivity index (χ0) is 18.6. The number of aromatic nitrogens is 3. The second-order valence-corrected chi connectivity index (χ2v) is 5.97. The molecular formula is C17H22N4O4. The lowest BCUT2D eigenvalue weighted by Crippen LogP contribution is -2.52. The molecule has 1 heterocycles. The lowest BCUT2D eigenvalue weighted by Gasteiger charge is -2.25. The molecule has 2 rings (SSSR count). The first kappa shape index (κ1) is 18.4. The predicted molar refractivity (Wildman–Crippen MR) is 91.1 cm³/mol. The van der Waals surface area contributed by atoms with Crippen LogP contribution < -0.4 is 10.1 Å². The second-order valence-electron chi connectivity index (χ2n) is 5.97. The average Bonchev–Trinajstić information content (AvgIpc) is 2.96. The summed E-state index contributed by atoms with van der Waals surface area (Å²) in [6.07, 6.45) is 0.945. The molecule has 134 valence electrons. The van der Waals surface area contributed by atoms with E-state index in [-0.39, 0.29) is 5.69 Å². The van der Waals surface area contributed by atoms with Gasteiger partial charge in [0.15, 0.2) is 5.69 Å². The third-order valence-corrected chi connectivity index (χ3v) is 4.04. The first-order valence-electron chi connectivity index (χ1n) is 7.95. The minimum Gasteiger partial charge on any atom is -0.497 e. The Hall–Kier alpha value is -2.90. The van der Waals surface area contributed by atoms with Crippen LogP contribution in [0.25, 0.3) is 5.69 Å². The van der Waals surface area contributed by atoms with Gasteiger partial charge in [0, 0.05) is 0 Å². The zero-order valence-corrected chi connectivity index (χ0v) is 14.7. The molecule has 0 saturated carbocycles. The number of hydrogen-bond donors (Lipinski definition) is 2. The van der Waals surface area contributed by atoms with Gasteiger partial charge in [-0.1, -0.05) is 18.6 Å². The fourth-order valence-corrected chi connectivity index (χ4v) is 2.54. The summed E-state index contributed by atoms with van der Waals surface area (Å²) in [5.74, 6) is -0.935. The van der Waals surface area contributed by atoms with E-state index in [9.17, 15) is 14.7 Å². The summed E-state index contributed by atoms with van der Waals surface area (Å²) >= 11 is 0. The van der Waals surface area contributed by atoms with Crippen molar-refractivity contribution in [3.8, 4) is 11.4 Å². The van der Waals surface area contributed by atoms with Crippen molar-refractivity contribution in [1.82, 2.24) is 20.3 Å². The van der Waals surface area contributed by atoms with Crippen molar-refractivity contribution in [2.45, 2.75) is 39.2 Å². The lowest BCUT2D eigenvalue weighted by atomic mass is 9.96. The Morgan fingerprint density at radius 1 is 1.32 bits per heavy atom. The van der Waals surface area contributed by atoms with Crippen LogP contribution in [-0.4, -0.2) is 44.6 Å². The molecule has 1 amide bonds. The molecular weight excluding hydrogens is 324 g/mol. The Balaban J connectivity index is 2.27. The minimum atomic E-state index is -1.35. The van der Waals surface area contributed by atoms with Crippen molar-refractivity contribution < 1.29 is 19.4 Å². The van der Waals surface area contributed by atoms with E-state index in [1.54, 1.807) is 38.3 Å². The molecule has 2 aromatic rings. The SMILES string of the molecule is CCCC(C)(NC(=O)c1nnn(-c2ccc(OC)cc2)c1C)C(=O)O. The summed E-state index contributed by atoms with van der Waals surface area (Å²) in [6, 6.07) is 7.14. The standard InChI is InChI=1S/C17H22N4O4/c1-5-10-17(3,16(23)24)18-15(22)14-11(2)21(20-19-14)12-6-8-13(25-4)9-7-12/h6-9H,5,10H2,1-4H3,(H,18,22)(H,23,24). The number of carboxylic acid groups (broad SMARTS) is 1. The summed E-state index contributed by atoms with van der Waals surface area (Å²) in [4.78, 5) is 24.0. The highest BCUT2D eigenvalue weighted by molar-refractivity contribution is 5.97. The van der Waals surface area contributed by atoms with Crippen LogP contribution in [0.2, 0.25) is 0 Å². The van der Waals surface area contributed by atoms with Crippen LogP contribution in [0, 0.1) is 6.92 Å². The van der Waals surface area contributed by atoms with Gasteiger partial charge in [0.2, 0.25) is 0 Å². The van der Waals surface area contributed by atoms with E-state index >= 15 is 0 Å². The molecule has 0 bridgehead atoms. The Kier molecular flexibility index (Phi) is 5.41. The van der Waals surface area contributed by atoms with E-state index < -0.39 is 17.4 Å². The highest BCUT2D eigenvalue weighted by atomic mass is 16.5. The monoisotopic (exact) mass is 346 g/mol. The molecule has 8 heteroatoms. The first-order chi connectivity index (χ1) is 11.8. The van der Waals surface area contributed by atoms with Gasteiger partial charge in [-0.2, -0.15) is 0 Å². The molecule has 25 heavy (non-hydrogen) atoms. The number of nitrogens with one attached hydrogen (secondary N) is 1. The fourth-order valence-electron chi connectivity index (χ4n) is 2.54. The van der Waals surface area contributed by atoms with Gasteiger partial charge in [-0.15, -0.1) is 5.10 Å². The van der Waals surface area contributed by atoms with Crippen LogP contribution in [-0.2, 0) is 4.79 Å². The van der Waals surface area contributed by atoms with Gasteiger partial charge in [0.1, 0.15) is 11.3 Å². The van der Waals surface area contributed by atoms with Crippen molar-refractivity contribution in [1.29, 1.82) is 0 Å². The third-order valence-electron chi connectivity index (χ3n) is 4.04. The Labute approximate surface area is 145 Å². The molecule has 0 fully saturated rings. The number of carbonyl (C=O) groups excluding carboxylic acids is 1. The van der Waals surface area contributed by atoms with Crippen molar-refractivity contribution in [2.24, 2.45) is 0 Å². The highest BCUT2D eigenvalue weighted by Gasteiger charge is 2.35. The average molecular weight is 346 g/mol. The van der Waals surface area contributed by atoms with Crippen LogP contribution in [0.4, 0.5) is 0 Å². The number of carbonyl (C=O) groups is 2. The van der Waals surface area contributed by atoms with Crippen LogP contribution in [0.1, 0.15) is 42.9 Å². The van der Waals surface area contributed by atoms with Gasteiger partial charge in [-0.25, -0.2) is 9.48 Å². The number of aliphatic carboxylic acids is 1. The lowest BCUT2D eigenvalue weighted by molar-refractivity contribution is -0.144. The van der Waals surface area contributed by atoms with Crippen molar-refractivity contribution >= 4 is 11.9 Å². The van der Waals surface area contributed by atoms with Gasteiger partial charge >= 0.3 is 5.97 Å². The number of amides is 1. The molecule has 0 radical (unpaired) electrons. The number of hydrogen-bond acceptors (Lipinski definition) is 5. The summed E-state index contributed by atoms with van der Waals surface area (Å²) in [6.45, 7) is 5.05. The van der Waals surface area contributed by atoms with Crippen LogP contribution in [0.5, 0.6) is 5.75 Å². The fraction of sp³-hybridized carbons (Fsp3) is 0.412. The Bertz CT molecular complexity index is 769. The third kappa shape index (κ3) is 3.78. The van der Waals surface area contributed by atoms with Gasteiger partial charge in [0.05, 0.1) is 18.5 Å². The van der Waals surface area contributed by atoms with Gasteiger partial charge in [-0.3, -0.25) is 4.79 Å². The van der Waals surface area contributed by atoms with Crippen molar-refractivity contribution in [3.63, 3.8) is 0 Å². The molecule has 2 N–H and O–H groups in total. The number of benzene rings is 1. The van der Waals surface area contributed by atoms with Crippen molar-refractivity contribution in [3.05, 3.63) is 35.7 Å². The predicted octanol–water partition coefficient (Wildman–Crippen LogP) is 1.96. The molecule has 1 aromatic heterocycles. The molecule has 0 aliphatic heterocycles. The smallest absolute Gasteiger partial charge is 0.329 e. The van der Waals surface area contributed by atoms with E-state index in [0.29, 0.717) is 24.3 Å². The van der Waals surface area contributed by atoms with Gasteiger partial charge < -0.3 is 15.2 Å². The molecule has 1 unspecified atom stereocenters. The summed E-state index contributed by atoms with van der Waals surface area (Å²) in [5, 5.41) is 19.9. The van der Waals surface area contributed by atoms with E-state index in [1.165, 1.54) is 11.6 Å². The highest BCUT2D eigenvalue weighted by Crippen LogP contribution is 2.18. The van der Waals surface area contributed by atoms with E-state index in [4.69, 9.17) is 4.74 Å². The quantitative estimate of drug-likeness (QED) is 0.794. The summed E-state index contributed by atoms with van der Waals surface area (Å²) < 4.78 is 6.63. The van der Waals surface area contributed by atoms with Gasteiger partial charge in [0.25, 0.3) is 5.91 Å². The maximum atomic E-state index is 12.5. The van der Waals surface area contributed by atoms with E-state index in [1.807, 2.05) is 6.92 Å². The number of ether oxygens (including phenoxy) is 1. The maximum Gasteiger partial charge on any atom is 0.329 e. The number of carboxylic acids is 1. The normalized spacial score (nSPS) is 13.1. The molecule has 1 aromatic carbocycles. The Morgan fingerprint density at radius 3 is 2.48 bits per heavy atom. The minimum absolute atomic E-state index is 0.0967. The van der Waals surface area contributed by atoms with Crippen LogP contribution in [0.15, 0.2) is 24.3 Å². The maximum absolute atomic E-state index is 12.5. The van der Waals surface area contributed by atoms with Crippen LogP contribution in [0.3, 0.4) is 0 Å². The molecule has 1 atom stereocenters. The summed E-state index contributed by atoms with van der Waals surface area (Å²) in [7, 11) is 1.58. The topological polar surface area (TPSA) is 106 Å². The summed E-state index contributed by atoms with van der Waals surface area (Å²) in [5.41, 5.74) is -0.00646. The zero-order valence-electron chi connectivity index (χ0n) is 14.7. The number of nitrogens with zero attached hydrogens (tertiary/aromatic N) is 3. The van der Waals surface area contributed by atoms with Gasteiger partial charge in [-0.05, 0) is 44.5 Å². The molecule has 0 saturated heterocycles. The second kappa shape index (κ2) is 7.33. The number of methoxy groups -OCH3 is 1. The number of rotatable bonds is 7. The molecule has 0 spiro atoms. The van der Waals surface area contributed by atoms with Crippen LogP contribution >= 0.6 is 0 Å². The molecule has 8 nitrogen and oxygen atoms in total. The Morgan fingerprint density at radius 2 is 1.96 bits per heavy atom. The molecule has 0 aliphatic rings. The largest absolute Gasteiger partial charge is 0.497 e. The molecule has 0 aliphatic carbocycles. The van der Waals surface area contributed by atoms with E-state index in [0.717, 1.165) is 5.69 Å².